The van der Waals surface area contributed by atoms with Crippen LogP contribution in [0.1, 0.15) is 0 Å². The van der Waals surface area contributed by atoms with Gasteiger partial charge in [-0.05, 0) is 0 Å². The lowest BCUT2D eigenvalue weighted by Gasteiger charge is -2.48. The molecule has 3 nitrogen and oxygen atoms in total. The Labute approximate surface area is 118 Å². The van der Waals surface area contributed by atoms with E-state index in [1.165, 1.54) is 5.19 Å². The van der Waals surface area contributed by atoms with Gasteiger partial charge in [0, 0.05) is 27.3 Å². The van der Waals surface area contributed by atoms with Crippen LogP contribution < -0.4 is 5.19 Å². The molecule has 0 radical (unpaired) electrons. The van der Waals surface area contributed by atoms with E-state index in [0.717, 1.165) is 0 Å². The molecule has 0 aliphatic rings. The minimum absolute atomic E-state index is 0.243. The molecule has 0 atom stereocenters. The first-order chi connectivity index (χ1) is 8.41. The van der Waals surface area contributed by atoms with E-state index >= 15 is 0 Å². The average molecular weight is 312 g/mol. The number of hydrogen-bond donors (Lipinski definition) is 0. The first kappa shape index (κ1) is 16.3. The fourth-order valence-electron chi connectivity index (χ4n) is 2.92. The Morgan fingerprint density at radius 1 is 0.947 bits per heavy atom. The maximum atomic E-state index is 11.0. The zero-order chi connectivity index (χ0) is 15.1. The van der Waals surface area contributed by atoms with Crippen LogP contribution in [-0.4, -0.2) is 27.2 Å². The van der Waals surface area contributed by atoms with Gasteiger partial charge in [-0.1, -0.05) is 63.1 Å². The molecule has 0 bridgehead atoms. The Morgan fingerprint density at radius 3 is 1.79 bits per heavy atom. The first-order valence-corrected chi connectivity index (χ1v) is 18.2. The topological polar surface area (TPSA) is 43.1 Å². The van der Waals surface area contributed by atoms with E-state index in [9.17, 15) is 10.1 Å². The smallest absolute Gasteiger partial charge is 0.258 e. The molecule has 0 saturated carbocycles. The van der Waals surface area contributed by atoms with Gasteiger partial charge in [0.1, 0.15) is 0 Å². The monoisotopic (exact) mass is 311 g/mol. The lowest BCUT2D eigenvalue weighted by molar-refractivity contribution is -0.384. The van der Waals surface area contributed by atoms with Crippen LogP contribution >= 0.6 is 0 Å². The van der Waals surface area contributed by atoms with Gasteiger partial charge in [-0.2, -0.15) is 0 Å². The molecule has 0 aliphatic carbocycles. The number of nitro benzene ring substituents is 1. The van der Waals surface area contributed by atoms with E-state index in [0.29, 0.717) is 0 Å². The van der Waals surface area contributed by atoms with Gasteiger partial charge in [0.25, 0.3) is 5.69 Å². The summed E-state index contributed by atoms with van der Waals surface area (Å²) in [7, 11) is -4.37. The molecule has 1 rings (SSSR count). The predicted octanol–water partition coefficient (Wildman–Crippen LogP) is 3.71. The lowest BCUT2D eigenvalue weighted by atomic mass is 10.3. The molecule has 0 spiro atoms. The van der Waals surface area contributed by atoms with Crippen molar-refractivity contribution in [3.63, 3.8) is 0 Å². The van der Waals surface area contributed by atoms with E-state index in [1.807, 2.05) is 12.1 Å². The van der Waals surface area contributed by atoms with E-state index in [-0.39, 0.29) is 10.6 Å². The van der Waals surface area contributed by atoms with E-state index in [2.05, 4.69) is 51.9 Å². The van der Waals surface area contributed by atoms with Crippen LogP contribution in [0.2, 0.25) is 45.8 Å². The van der Waals surface area contributed by atoms with Gasteiger partial charge in [0.2, 0.25) is 0 Å². The molecule has 0 unspecified atom stereocenters. The molecule has 6 heteroatoms. The van der Waals surface area contributed by atoms with Gasteiger partial charge in [0.05, 0.1) is 12.0 Å². The van der Waals surface area contributed by atoms with E-state index < -0.39 is 22.3 Å². The number of rotatable bonds is 4. The van der Waals surface area contributed by atoms with Crippen molar-refractivity contribution in [3.05, 3.63) is 34.4 Å². The molecule has 0 fully saturated rings. The summed E-state index contributed by atoms with van der Waals surface area (Å²) in [4.78, 5) is 10.8. The van der Waals surface area contributed by atoms with Crippen LogP contribution in [0, 0.1) is 10.1 Å². The molecule has 0 amide bonds. The second-order valence-corrected chi connectivity index (χ2v) is 35.8. The molecule has 19 heavy (non-hydrogen) atoms. The lowest BCUT2D eigenvalue weighted by Crippen LogP contribution is -2.76. The third kappa shape index (κ3) is 2.90. The Bertz CT molecular complexity index is 475. The minimum Gasteiger partial charge on any atom is -0.258 e. The third-order valence-electron chi connectivity index (χ3n) is 4.63. The maximum Gasteiger partial charge on any atom is 0.269 e. The van der Waals surface area contributed by atoms with Crippen LogP contribution in [0.4, 0.5) is 5.69 Å². The molecule has 0 saturated heterocycles. The summed E-state index contributed by atoms with van der Waals surface area (Å²) in [6.07, 6.45) is 0. The molecule has 0 N–H and O–H groups in total. The van der Waals surface area contributed by atoms with Crippen LogP contribution in [-0.2, 0) is 0 Å². The number of non-ortho nitro benzene ring substituents is 1. The Balaban J connectivity index is 3.52. The predicted molar refractivity (Wildman–Crippen MR) is 91.0 cm³/mol. The van der Waals surface area contributed by atoms with Crippen molar-refractivity contribution in [2.75, 3.05) is 0 Å². The zero-order valence-electron chi connectivity index (χ0n) is 13.1. The Kier molecular flexibility index (Phi) is 4.29. The van der Waals surface area contributed by atoms with Crippen molar-refractivity contribution in [1.82, 2.24) is 0 Å². The summed E-state index contributed by atoms with van der Waals surface area (Å²) in [6.45, 7) is 17.0. The summed E-state index contributed by atoms with van der Waals surface area (Å²) in [5.41, 5.74) is 0.243. The van der Waals surface area contributed by atoms with Gasteiger partial charge in [-0.3, -0.25) is 10.1 Å². The van der Waals surface area contributed by atoms with Crippen molar-refractivity contribution >= 4 is 33.2 Å². The highest BCUT2D eigenvalue weighted by Crippen LogP contribution is 2.29. The molecule has 1 aromatic rings. The van der Waals surface area contributed by atoms with Crippen molar-refractivity contribution in [1.29, 1.82) is 0 Å². The summed E-state index contributed by atoms with van der Waals surface area (Å²) >= 11 is 0. The summed E-state index contributed by atoms with van der Waals surface area (Å²) < 4.78 is 0. The molecule has 106 valence electrons. The Hall–Kier alpha value is -0.729. The number of nitrogens with zero attached hydrogens (tertiary/aromatic N) is 1. The van der Waals surface area contributed by atoms with Gasteiger partial charge in [-0.15, -0.1) is 0 Å². The van der Waals surface area contributed by atoms with Crippen LogP contribution in [0.25, 0.3) is 0 Å². The van der Waals surface area contributed by atoms with Gasteiger partial charge < -0.3 is 0 Å². The minimum atomic E-state index is -1.63. The van der Waals surface area contributed by atoms with Crippen molar-refractivity contribution in [2.45, 2.75) is 45.8 Å². The van der Waals surface area contributed by atoms with Gasteiger partial charge in [0.15, 0.2) is 0 Å². The van der Waals surface area contributed by atoms with Crippen molar-refractivity contribution in [3.8, 4) is 0 Å². The normalized spacial score (nSPS) is 13.4. The fourth-order valence-corrected chi connectivity index (χ4v) is 40.9. The number of nitro groups is 1. The fraction of sp³-hybridized carbons (Fsp3) is 0.538. The first-order valence-electron chi connectivity index (χ1n) is 6.66. The second-order valence-electron chi connectivity index (χ2n) is 7.43. The maximum absolute atomic E-state index is 11.0. The van der Waals surface area contributed by atoms with E-state index in [4.69, 9.17) is 0 Å². The summed E-state index contributed by atoms with van der Waals surface area (Å²) in [5.74, 6) is 0. The highest BCUT2D eigenvalue weighted by Gasteiger charge is 2.52. The quantitative estimate of drug-likeness (QED) is 0.483. The number of benzene rings is 1. The van der Waals surface area contributed by atoms with Crippen LogP contribution in [0.15, 0.2) is 24.3 Å². The third-order valence-corrected chi connectivity index (χ3v) is 45.3. The molecule has 0 aliphatic heterocycles. The van der Waals surface area contributed by atoms with Gasteiger partial charge >= 0.3 is 0 Å². The standard InChI is InChI=1S/C13H25NO2Si3/c1-17(2,3)19(7,18(4,5)6)13-10-8-9-12(11-13)14(15)16/h8-11H,1-7H3. The second kappa shape index (κ2) is 4.99. The van der Waals surface area contributed by atoms with Crippen LogP contribution in [0.3, 0.4) is 0 Å². The SMILES string of the molecule is C[Si](C)(C)[Si](C)(c1cccc([N+](=O)[O-])c1)[Si](C)(C)C. The highest BCUT2D eigenvalue weighted by molar-refractivity contribution is 7.72. The summed E-state index contributed by atoms with van der Waals surface area (Å²) in [5, 5.41) is 12.3. The Morgan fingerprint density at radius 2 is 1.42 bits per heavy atom. The number of hydrogen-bond acceptors (Lipinski definition) is 2. The van der Waals surface area contributed by atoms with Crippen molar-refractivity contribution in [2.24, 2.45) is 0 Å². The summed E-state index contributed by atoms with van der Waals surface area (Å²) in [6, 6.07) is 7.45. The molecule has 0 aromatic heterocycles. The van der Waals surface area contributed by atoms with Gasteiger partial charge in [-0.25, -0.2) is 0 Å². The molecular weight excluding hydrogens is 286 g/mol. The van der Waals surface area contributed by atoms with Crippen molar-refractivity contribution < 1.29 is 4.92 Å². The highest BCUT2D eigenvalue weighted by atomic mass is 29.6. The zero-order valence-corrected chi connectivity index (χ0v) is 16.1. The molecular formula is C13H25NO2Si3. The molecule has 1 aromatic carbocycles. The van der Waals surface area contributed by atoms with E-state index in [1.54, 1.807) is 6.07 Å². The molecule has 0 heterocycles. The largest absolute Gasteiger partial charge is 0.269 e. The van der Waals surface area contributed by atoms with Crippen LogP contribution in [0.5, 0.6) is 0 Å². The average Bonchev–Trinajstić information content (AvgIpc) is 2.25.